The average molecular weight is 270 g/mol. The van der Waals surface area contributed by atoms with Gasteiger partial charge in [0, 0.05) is 6.54 Å². The van der Waals surface area contributed by atoms with Gasteiger partial charge in [0.05, 0.1) is 5.69 Å². The highest BCUT2D eigenvalue weighted by Gasteiger charge is 2.11. The van der Waals surface area contributed by atoms with Gasteiger partial charge < -0.3 is 5.73 Å². The molecule has 1 aromatic carbocycles. The lowest BCUT2D eigenvalue weighted by Crippen LogP contribution is -2.22. The summed E-state index contributed by atoms with van der Waals surface area (Å²) < 4.78 is 0. The lowest BCUT2D eigenvalue weighted by atomic mass is 10.2. The van der Waals surface area contributed by atoms with Gasteiger partial charge in [-0.25, -0.2) is 0 Å². The fourth-order valence-electron chi connectivity index (χ4n) is 2.20. The van der Waals surface area contributed by atoms with Crippen LogP contribution in [0.15, 0.2) is 29.4 Å². The number of nitrogens with zero attached hydrogens (tertiary/aromatic N) is 3. The highest BCUT2D eigenvalue weighted by molar-refractivity contribution is 6.45. The summed E-state index contributed by atoms with van der Waals surface area (Å²) >= 11 is 0. The van der Waals surface area contributed by atoms with Crippen molar-refractivity contribution in [1.29, 1.82) is 10.7 Å². The number of hydrogen-bond acceptors (Lipinski definition) is 5. The molecule has 1 heterocycles. The van der Waals surface area contributed by atoms with Crippen LogP contribution in [-0.2, 0) is 6.54 Å². The molecular weight excluding hydrogens is 252 g/mol. The second-order valence-corrected chi connectivity index (χ2v) is 4.78. The Morgan fingerprint density at radius 2 is 2.20 bits per heavy atom. The Balaban J connectivity index is 2.02. The van der Waals surface area contributed by atoms with E-state index < -0.39 is 0 Å². The van der Waals surface area contributed by atoms with Crippen molar-refractivity contribution in [1.82, 2.24) is 4.90 Å². The number of nitrogens with one attached hydrogen (secondary N) is 2. The van der Waals surface area contributed by atoms with Gasteiger partial charge in [-0.2, -0.15) is 10.4 Å². The van der Waals surface area contributed by atoms with Crippen LogP contribution < -0.4 is 11.2 Å². The number of hydrazone groups is 1. The van der Waals surface area contributed by atoms with Crippen LogP contribution in [0.5, 0.6) is 0 Å². The molecule has 0 spiro atoms. The summed E-state index contributed by atoms with van der Waals surface area (Å²) in [5.74, 6) is -0.340. The van der Waals surface area contributed by atoms with E-state index in [0.29, 0.717) is 0 Å². The summed E-state index contributed by atoms with van der Waals surface area (Å²) in [4.78, 5) is 2.42. The van der Waals surface area contributed by atoms with E-state index >= 15 is 0 Å². The van der Waals surface area contributed by atoms with E-state index in [-0.39, 0.29) is 11.5 Å². The Labute approximate surface area is 118 Å². The van der Waals surface area contributed by atoms with E-state index in [9.17, 15) is 0 Å². The molecule has 1 aliphatic heterocycles. The van der Waals surface area contributed by atoms with Gasteiger partial charge in [-0.3, -0.25) is 15.7 Å². The van der Waals surface area contributed by atoms with Crippen LogP contribution in [0.25, 0.3) is 0 Å². The molecule has 6 nitrogen and oxygen atoms in total. The third-order valence-electron chi connectivity index (χ3n) is 3.19. The molecule has 6 heteroatoms. The number of nitriles is 1. The smallest absolute Gasteiger partial charge is 0.201 e. The fraction of sp³-hybridized carbons (Fsp3) is 0.357. The fourth-order valence-corrected chi connectivity index (χ4v) is 2.20. The van der Waals surface area contributed by atoms with Gasteiger partial charge in [0.15, 0.2) is 5.84 Å². The molecule has 1 fully saturated rings. The van der Waals surface area contributed by atoms with Gasteiger partial charge in [-0.15, -0.1) is 0 Å². The maximum Gasteiger partial charge on any atom is 0.201 e. The molecule has 104 valence electrons. The Hall–Kier alpha value is -2.39. The average Bonchev–Trinajstić information content (AvgIpc) is 2.92. The normalized spacial score (nSPS) is 15.8. The first-order valence-electron chi connectivity index (χ1n) is 6.58. The molecule has 0 amide bonds. The minimum atomic E-state index is -0.340. The zero-order valence-corrected chi connectivity index (χ0v) is 11.3. The molecule has 0 bridgehead atoms. The predicted molar refractivity (Wildman–Crippen MR) is 79.5 cm³/mol. The molecule has 0 unspecified atom stereocenters. The summed E-state index contributed by atoms with van der Waals surface area (Å²) in [6.07, 6.45) is 2.54. The number of benzene rings is 1. The molecule has 2 rings (SSSR count). The molecule has 0 radical (unpaired) electrons. The van der Waals surface area contributed by atoms with Crippen molar-refractivity contribution in [3.8, 4) is 6.07 Å². The van der Waals surface area contributed by atoms with Gasteiger partial charge in [0.1, 0.15) is 6.07 Å². The van der Waals surface area contributed by atoms with Crippen molar-refractivity contribution in [3.63, 3.8) is 0 Å². The second kappa shape index (κ2) is 6.68. The SMILES string of the molecule is N#C/C(=N\Nc1cccc(CN2CCCC2)c1)C(=N)N. The Morgan fingerprint density at radius 1 is 1.45 bits per heavy atom. The van der Waals surface area contributed by atoms with E-state index in [4.69, 9.17) is 16.4 Å². The number of hydrogen-bond donors (Lipinski definition) is 3. The van der Waals surface area contributed by atoms with Crippen molar-refractivity contribution >= 4 is 17.2 Å². The monoisotopic (exact) mass is 270 g/mol. The minimum absolute atomic E-state index is 0.116. The molecule has 20 heavy (non-hydrogen) atoms. The van der Waals surface area contributed by atoms with Crippen LogP contribution in [0, 0.1) is 16.7 Å². The van der Waals surface area contributed by atoms with Crippen LogP contribution in [0.1, 0.15) is 18.4 Å². The maximum absolute atomic E-state index is 8.77. The Bertz CT molecular complexity index is 551. The van der Waals surface area contributed by atoms with E-state index in [2.05, 4.69) is 21.5 Å². The number of likely N-dealkylation sites (tertiary alicyclic amines) is 1. The van der Waals surface area contributed by atoms with E-state index in [1.54, 1.807) is 6.07 Å². The maximum atomic E-state index is 8.77. The molecule has 0 aliphatic carbocycles. The molecule has 0 saturated carbocycles. The van der Waals surface area contributed by atoms with Crippen LogP contribution in [0.2, 0.25) is 0 Å². The first-order chi connectivity index (χ1) is 9.69. The molecule has 1 aliphatic rings. The van der Waals surface area contributed by atoms with Crippen LogP contribution >= 0.6 is 0 Å². The summed E-state index contributed by atoms with van der Waals surface area (Å²) in [6.45, 7) is 3.23. The zero-order valence-electron chi connectivity index (χ0n) is 11.3. The van der Waals surface area contributed by atoms with Crippen LogP contribution in [0.4, 0.5) is 5.69 Å². The van der Waals surface area contributed by atoms with Crippen molar-refractivity contribution in [3.05, 3.63) is 29.8 Å². The van der Waals surface area contributed by atoms with Crippen molar-refractivity contribution < 1.29 is 0 Å². The van der Waals surface area contributed by atoms with Crippen molar-refractivity contribution in [2.75, 3.05) is 18.5 Å². The highest BCUT2D eigenvalue weighted by Crippen LogP contribution is 2.16. The molecule has 1 aromatic rings. The van der Waals surface area contributed by atoms with Crippen molar-refractivity contribution in [2.24, 2.45) is 10.8 Å². The standard InChI is InChI=1S/C14H18N6/c15-9-13(14(16)17)19-18-12-5-3-4-11(8-12)10-20-6-1-2-7-20/h3-5,8,18H,1-2,6-7,10H2,(H3,16,17)/b19-13+. The van der Waals surface area contributed by atoms with Gasteiger partial charge in [0.2, 0.25) is 5.71 Å². The molecule has 0 aromatic heterocycles. The molecule has 4 N–H and O–H groups in total. The largest absolute Gasteiger partial charge is 0.382 e. The Kier molecular flexibility index (Phi) is 4.69. The third-order valence-corrected chi connectivity index (χ3v) is 3.19. The van der Waals surface area contributed by atoms with E-state index in [0.717, 1.165) is 25.3 Å². The number of amidine groups is 1. The van der Waals surface area contributed by atoms with E-state index in [1.165, 1.54) is 18.4 Å². The summed E-state index contributed by atoms with van der Waals surface area (Å²) in [5, 5.41) is 19.8. The summed E-state index contributed by atoms with van der Waals surface area (Å²) in [6, 6.07) is 9.66. The summed E-state index contributed by atoms with van der Waals surface area (Å²) in [7, 11) is 0. The zero-order chi connectivity index (χ0) is 14.4. The lowest BCUT2D eigenvalue weighted by Gasteiger charge is -2.15. The first-order valence-corrected chi connectivity index (χ1v) is 6.58. The molecule has 0 atom stereocenters. The quantitative estimate of drug-likeness (QED) is 0.429. The minimum Gasteiger partial charge on any atom is -0.382 e. The predicted octanol–water partition coefficient (Wildman–Crippen LogP) is 1.51. The topological polar surface area (TPSA) is 101 Å². The van der Waals surface area contributed by atoms with Gasteiger partial charge in [-0.1, -0.05) is 12.1 Å². The van der Waals surface area contributed by atoms with Gasteiger partial charge in [0.25, 0.3) is 0 Å². The Morgan fingerprint density at radius 3 is 2.85 bits per heavy atom. The van der Waals surface area contributed by atoms with Crippen LogP contribution in [-0.4, -0.2) is 29.5 Å². The molecule has 1 saturated heterocycles. The van der Waals surface area contributed by atoms with E-state index in [1.807, 2.05) is 18.2 Å². The van der Waals surface area contributed by atoms with Crippen molar-refractivity contribution in [2.45, 2.75) is 19.4 Å². The number of anilines is 1. The molecular formula is C14H18N6. The number of rotatable bonds is 5. The summed E-state index contributed by atoms with van der Waals surface area (Å²) in [5.41, 5.74) is 9.88. The lowest BCUT2D eigenvalue weighted by molar-refractivity contribution is 0.331. The first kappa shape index (κ1) is 14.0. The van der Waals surface area contributed by atoms with Gasteiger partial charge >= 0.3 is 0 Å². The van der Waals surface area contributed by atoms with Crippen LogP contribution in [0.3, 0.4) is 0 Å². The number of nitrogens with two attached hydrogens (primary N) is 1. The van der Waals surface area contributed by atoms with Gasteiger partial charge in [-0.05, 0) is 43.6 Å². The third kappa shape index (κ3) is 3.80. The highest BCUT2D eigenvalue weighted by atomic mass is 15.3. The second-order valence-electron chi connectivity index (χ2n) is 4.78.